The van der Waals surface area contributed by atoms with Gasteiger partial charge in [0, 0.05) is 40.4 Å². The molecule has 16 heavy (non-hydrogen) atoms. The molecule has 0 aromatic heterocycles. The third-order valence-corrected chi connectivity index (χ3v) is 2.33. The molecule has 0 atom stereocenters. The van der Waals surface area contributed by atoms with E-state index < -0.39 is 31.4 Å². The summed E-state index contributed by atoms with van der Waals surface area (Å²) in [6.45, 7) is 0.983. The zero-order valence-electron chi connectivity index (χ0n) is 16.1. The third kappa shape index (κ3) is 4.00. The molecule has 1 amide bonds. The van der Waals surface area contributed by atoms with Crippen molar-refractivity contribution < 1.29 is 17.8 Å². The van der Waals surface area contributed by atoms with Crippen LogP contribution in [0.25, 0.3) is 0 Å². The highest BCUT2D eigenvalue weighted by atomic mass is 16.6. The molecule has 1 aliphatic heterocycles. The lowest BCUT2D eigenvalue weighted by atomic mass is 10.2. The molecule has 0 spiro atoms. The molecule has 0 N–H and O–H groups in total. The van der Waals surface area contributed by atoms with Crippen molar-refractivity contribution in [3.05, 3.63) is 0 Å². The largest absolute Gasteiger partial charge is 0.444 e. The van der Waals surface area contributed by atoms with Gasteiger partial charge in [0.2, 0.25) is 0 Å². The molecule has 0 aliphatic carbocycles. The van der Waals surface area contributed by atoms with E-state index in [9.17, 15) is 4.79 Å². The molecule has 1 aliphatic rings. The van der Waals surface area contributed by atoms with E-state index in [-0.39, 0.29) is 26.2 Å². The summed E-state index contributed by atoms with van der Waals surface area (Å²) < 4.78 is 50.0. The lowest BCUT2D eigenvalue weighted by Gasteiger charge is -2.37. The number of nitrogens with zero attached hydrogens (tertiary/aromatic N) is 2. The topological polar surface area (TPSA) is 32.8 Å². The number of ether oxygens (including phenoxy) is 1. The second-order valence-electron chi connectivity index (χ2n) is 4.91. The summed E-state index contributed by atoms with van der Waals surface area (Å²) in [6.07, 6.45) is -0.466. The van der Waals surface area contributed by atoms with Gasteiger partial charge in [-0.05, 0) is 34.5 Å². The van der Waals surface area contributed by atoms with E-state index in [4.69, 9.17) is 13.0 Å². The molecule has 0 bridgehead atoms. The van der Waals surface area contributed by atoms with Crippen molar-refractivity contribution in [1.29, 1.82) is 0 Å². The number of hydrogen-bond acceptors (Lipinski definition) is 3. The summed E-state index contributed by atoms with van der Waals surface area (Å²) in [5, 5.41) is 0. The fourth-order valence-corrected chi connectivity index (χ4v) is 1.49. The van der Waals surface area contributed by atoms with Crippen LogP contribution in [-0.4, -0.2) is 53.7 Å². The van der Waals surface area contributed by atoms with Gasteiger partial charge < -0.3 is 9.64 Å². The highest BCUT2D eigenvalue weighted by Gasteiger charge is 2.26. The van der Waals surface area contributed by atoms with Gasteiger partial charge in [-0.1, -0.05) is 0 Å². The van der Waals surface area contributed by atoms with Gasteiger partial charge in [0.15, 0.2) is 0 Å². The predicted octanol–water partition coefficient (Wildman–Crippen LogP) is 1.95. The predicted molar refractivity (Wildman–Crippen MR) is 64.5 cm³/mol. The first-order valence-electron chi connectivity index (χ1n) is 8.44. The van der Waals surface area contributed by atoms with E-state index in [2.05, 4.69) is 0 Å². The van der Waals surface area contributed by atoms with Crippen molar-refractivity contribution in [3.63, 3.8) is 0 Å². The first-order chi connectivity index (χ1) is 9.72. The Morgan fingerprint density at radius 1 is 1.25 bits per heavy atom. The van der Waals surface area contributed by atoms with Crippen LogP contribution in [0.4, 0.5) is 4.79 Å². The van der Waals surface area contributed by atoms with Crippen molar-refractivity contribution in [3.8, 4) is 0 Å². The normalized spacial score (nSPS) is 26.1. The van der Waals surface area contributed by atoms with Gasteiger partial charge >= 0.3 is 6.09 Å². The quantitative estimate of drug-likeness (QED) is 0.695. The lowest BCUT2D eigenvalue weighted by molar-refractivity contribution is 0.0118. The van der Waals surface area contributed by atoms with Crippen molar-refractivity contribution in [2.24, 2.45) is 0 Å². The fraction of sp³-hybridized carbons (Fsp3) is 0.917. The molecule has 0 aromatic carbocycles. The minimum absolute atomic E-state index is 0.195. The van der Waals surface area contributed by atoms with Crippen LogP contribution in [0, 0.1) is 0 Å². The molecule has 4 heteroatoms. The van der Waals surface area contributed by atoms with Gasteiger partial charge in [-0.3, -0.25) is 4.90 Å². The summed E-state index contributed by atoms with van der Waals surface area (Å²) in [5.41, 5.74) is -0.603. The highest BCUT2D eigenvalue weighted by molar-refractivity contribution is 5.68. The summed E-state index contributed by atoms with van der Waals surface area (Å²) >= 11 is 0. The van der Waals surface area contributed by atoms with Crippen LogP contribution in [0.2, 0.25) is 0 Å². The van der Waals surface area contributed by atoms with Crippen molar-refractivity contribution in [1.82, 2.24) is 9.80 Å². The summed E-state index contributed by atoms with van der Waals surface area (Å²) in [6, 6.07) is -1.51. The van der Waals surface area contributed by atoms with E-state index >= 15 is 0 Å². The van der Waals surface area contributed by atoms with Gasteiger partial charge in [0.1, 0.15) is 5.60 Å². The monoisotopic (exact) mass is 234 g/mol. The number of amides is 1. The molecule has 1 rings (SSSR count). The van der Waals surface area contributed by atoms with Crippen LogP contribution in [0.3, 0.4) is 0 Å². The van der Waals surface area contributed by atoms with Gasteiger partial charge in [0.25, 0.3) is 0 Å². The van der Waals surface area contributed by atoms with Gasteiger partial charge in [-0.25, -0.2) is 4.79 Å². The van der Waals surface area contributed by atoms with Crippen LogP contribution in [0.5, 0.6) is 0 Å². The molecular weight excluding hydrogens is 204 g/mol. The van der Waals surface area contributed by atoms with E-state index in [1.54, 1.807) is 20.8 Å². The Morgan fingerprint density at radius 3 is 2.25 bits per heavy atom. The summed E-state index contributed by atoms with van der Waals surface area (Å²) in [7, 11) is 0. The Kier molecular flexibility index (Phi) is 2.16. The Morgan fingerprint density at radius 2 is 1.81 bits per heavy atom. The van der Waals surface area contributed by atoms with Crippen LogP contribution in [0.1, 0.15) is 42.7 Å². The molecule has 94 valence electrons. The van der Waals surface area contributed by atoms with Crippen LogP contribution < -0.4 is 0 Å². The Balaban J connectivity index is 2.69. The van der Waals surface area contributed by atoms with Gasteiger partial charge in [-0.2, -0.15) is 0 Å². The van der Waals surface area contributed by atoms with Crippen LogP contribution >= 0.6 is 0 Å². The zero-order valence-corrected chi connectivity index (χ0v) is 10.1. The highest BCUT2D eigenvalue weighted by Crippen LogP contribution is 2.12. The summed E-state index contributed by atoms with van der Waals surface area (Å²) in [4.78, 5) is 14.8. The first kappa shape index (κ1) is 6.84. The molecule has 0 radical (unpaired) electrons. The third-order valence-electron chi connectivity index (χ3n) is 2.33. The number of hydrogen-bond donors (Lipinski definition) is 0. The van der Waals surface area contributed by atoms with Crippen molar-refractivity contribution >= 4 is 6.09 Å². The fourth-order valence-electron chi connectivity index (χ4n) is 1.49. The SMILES string of the molecule is [2H]C([2H])([2H])C(N1CCN(C(=O)OC(C)(C)C)CC1)C([2H])([2H])[2H]. The molecule has 0 unspecified atom stereocenters. The van der Waals surface area contributed by atoms with E-state index in [0.717, 1.165) is 0 Å². The molecule has 1 heterocycles. The van der Waals surface area contributed by atoms with E-state index in [1.165, 1.54) is 9.80 Å². The average Bonchev–Trinajstić information content (AvgIpc) is 2.23. The summed E-state index contributed by atoms with van der Waals surface area (Å²) in [5.74, 6) is 0. The number of piperazine rings is 1. The van der Waals surface area contributed by atoms with Gasteiger partial charge in [-0.15, -0.1) is 0 Å². The van der Waals surface area contributed by atoms with E-state index in [0.29, 0.717) is 0 Å². The maximum absolute atomic E-state index is 11.9. The molecule has 4 nitrogen and oxygen atoms in total. The lowest BCUT2D eigenvalue weighted by Crippen LogP contribution is -2.51. The Hall–Kier alpha value is -0.770. The molecule has 1 fully saturated rings. The molecule has 0 saturated carbocycles. The Bertz CT molecular complexity index is 380. The minimum Gasteiger partial charge on any atom is -0.444 e. The average molecular weight is 234 g/mol. The van der Waals surface area contributed by atoms with Crippen LogP contribution in [0.15, 0.2) is 0 Å². The maximum Gasteiger partial charge on any atom is 0.410 e. The smallest absolute Gasteiger partial charge is 0.410 e. The number of rotatable bonds is 1. The Labute approximate surface area is 107 Å². The van der Waals surface area contributed by atoms with E-state index in [1.807, 2.05) is 0 Å². The molecular formula is C12H24N2O2. The maximum atomic E-state index is 11.9. The number of carbonyl (C=O) groups is 1. The minimum atomic E-state index is -2.60. The first-order valence-corrected chi connectivity index (χ1v) is 5.44. The second kappa shape index (κ2) is 5.04. The zero-order chi connectivity index (χ0) is 17.3. The standard InChI is InChI=1S/C12H24N2O2/c1-10(2)13-6-8-14(9-7-13)11(15)16-12(3,4)5/h10H,6-9H2,1-5H3/i1D3,2D3. The van der Waals surface area contributed by atoms with Crippen LogP contribution in [-0.2, 0) is 4.74 Å². The second-order valence-corrected chi connectivity index (χ2v) is 4.91. The van der Waals surface area contributed by atoms with Crippen molar-refractivity contribution in [2.75, 3.05) is 26.2 Å². The van der Waals surface area contributed by atoms with Crippen molar-refractivity contribution in [2.45, 2.75) is 46.1 Å². The molecule has 0 aromatic rings. The van der Waals surface area contributed by atoms with Gasteiger partial charge in [0.05, 0.1) is 0 Å². The number of carbonyl (C=O) groups excluding carboxylic acids is 1. The molecule has 1 saturated heterocycles.